The molecule has 0 radical (unpaired) electrons. The summed E-state index contributed by atoms with van der Waals surface area (Å²) in [6.45, 7) is 4.08. The summed E-state index contributed by atoms with van der Waals surface area (Å²) in [5, 5.41) is 9.86. The summed E-state index contributed by atoms with van der Waals surface area (Å²) in [5.41, 5.74) is 3.03. The topological polar surface area (TPSA) is 56.5 Å². The minimum atomic E-state index is -0.596. The summed E-state index contributed by atoms with van der Waals surface area (Å²) in [6, 6.07) is 16.6. The van der Waals surface area contributed by atoms with Crippen LogP contribution in [0.25, 0.3) is 16.7 Å². The molecule has 2 heterocycles. The number of halogens is 3. The smallest absolute Gasteiger partial charge is 0.196 e. The summed E-state index contributed by atoms with van der Waals surface area (Å²) in [6.07, 6.45) is 3.31. The van der Waals surface area contributed by atoms with Crippen molar-refractivity contribution in [3.8, 4) is 5.69 Å². The van der Waals surface area contributed by atoms with E-state index in [0.29, 0.717) is 27.3 Å². The zero-order valence-corrected chi connectivity index (χ0v) is 20.5. The van der Waals surface area contributed by atoms with Crippen LogP contribution < -0.4 is 0 Å². The van der Waals surface area contributed by atoms with Crippen molar-refractivity contribution in [1.82, 2.24) is 24.7 Å². The highest BCUT2D eigenvalue weighted by Gasteiger charge is 2.32. The largest absolute Gasteiger partial charge is 0.273 e. The van der Waals surface area contributed by atoms with Crippen molar-refractivity contribution in [3.63, 3.8) is 0 Å². The molecule has 5 rings (SSSR count). The lowest BCUT2D eigenvalue weighted by molar-refractivity contribution is 0.571. The van der Waals surface area contributed by atoms with Gasteiger partial charge in [0, 0.05) is 34.4 Å². The van der Waals surface area contributed by atoms with Crippen molar-refractivity contribution in [1.29, 1.82) is 0 Å². The molecule has 0 fully saturated rings. The lowest BCUT2D eigenvalue weighted by Crippen LogP contribution is -2.24. The first kappa shape index (κ1) is 23.4. The summed E-state index contributed by atoms with van der Waals surface area (Å²) in [4.78, 5) is 8.77. The van der Waals surface area contributed by atoms with Gasteiger partial charge in [0.25, 0.3) is 0 Å². The second-order valence-corrected chi connectivity index (χ2v) is 9.84. The fourth-order valence-corrected chi connectivity index (χ4v) is 5.17. The second-order valence-electron chi connectivity index (χ2n) is 8.49. The van der Waals surface area contributed by atoms with Gasteiger partial charge in [-0.3, -0.25) is 14.5 Å². The molecule has 0 N–H and O–H groups in total. The number of aromatic nitrogens is 5. The van der Waals surface area contributed by atoms with Crippen molar-refractivity contribution in [2.75, 3.05) is 0 Å². The third-order valence-corrected chi connectivity index (χ3v) is 7.19. The van der Waals surface area contributed by atoms with Crippen LogP contribution in [-0.2, 0) is 11.2 Å². The highest BCUT2D eigenvalue weighted by molar-refractivity contribution is 7.98. The highest BCUT2D eigenvalue weighted by Crippen LogP contribution is 2.36. The van der Waals surface area contributed by atoms with Crippen molar-refractivity contribution < 1.29 is 8.78 Å². The molecule has 0 saturated carbocycles. The quantitative estimate of drug-likeness (QED) is 0.238. The molecule has 0 spiro atoms. The molecule has 5 aromatic rings. The number of fused-ring (bicyclic) bond motifs is 1. The lowest BCUT2D eigenvalue weighted by atomic mass is 9.83. The minimum Gasteiger partial charge on any atom is -0.273 e. The van der Waals surface area contributed by atoms with E-state index in [1.807, 2.05) is 36.6 Å². The van der Waals surface area contributed by atoms with Gasteiger partial charge in [-0.05, 0) is 67.9 Å². The van der Waals surface area contributed by atoms with Crippen LogP contribution in [-0.4, -0.2) is 24.7 Å². The van der Waals surface area contributed by atoms with E-state index in [-0.39, 0.29) is 17.4 Å². The summed E-state index contributed by atoms with van der Waals surface area (Å²) in [7, 11) is 0. The van der Waals surface area contributed by atoms with E-state index in [9.17, 15) is 8.78 Å². The molecule has 5 nitrogen and oxygen atoms in total. The summed E-state index contributed by atoms with van der Waals surface area (Å²) < 4.78 is 30.0. The monoisotopic (exact) mass is 507 g/mol. The Morgan fingerprint density at radius 2 is 1.66 bits per heavy atom. The third-order valence-electron chi connectivity index (χ3n) is 5.88. The third kappa shape index (κ3) is 4.51. The van der Waals surface area contributed by atoms with E-state index < -0.39 is 5.41 Å². The standard InChI is InChI=1S/C26H20ClF2N5S/c1-26(2,16-6-11-22-23(14-16)31-13-12-30-22)24-32-33-25(34(24)18-9-7-17(28)8-10-18)35-15-19-20(27)4-3-5-21(19)29/h3-14H,15H2,1-2H3. The van der Waals surface area contributed by atoms with Gasteiger partial charge in [0.05, 0.1) is 16.4 Å². The van der Waals surface area contributed by atoms with Gasteiger partial charge in [-0.1, -0.05) is 35.5 Å². The molecule has 35 heavy (non-hydrogen) atoms. The first-order valence-electron chi connectivity index (χ1n) is 10.8. The van der Waals surface area contributed by atoms with Crippen LogP contribution in [0.3, 0.4) is 0 Å². The number of hydrogen-bond donors (Lipinski definition) is 0. The van der Waals surface area contributed by atoms with Gasteiger partial charge in [0.1, 0.15) is 17.5 Å². The molecule has 0 aliphatic rings. The maximum atomic E-state index is 14.4. The fourth-order valence-electron chi connectivity index (χ4n) is 3.88. The Hall–Kier alpha value is -3.36. The van der Waals surface area contributed by atoms with Crippen molar-refractivity contribution in [3.05, 3.63) is 107 Å². The average molecular weight is 508 g/mol. The van der Waals surface area contributed by atoms with E-state index in [0.717, 1.165) is 16.6 Å². The SMILES string of the molecule is CC(C)(c1ccc2nccnc2c1)c1nnc(SCc2c(F)cccc2Cl)n1-c1ccc(F)cc1. The molecule has 0 saturated heterocycles. The van der Waals surface area contributed by atoms with Crippen LogP contribution in [0.5, 0.6) is 0 Å². The Bertz CT molecular complexity index is 1500. The maximum Gasteiger partial charge on any atom is 0.196 e. The predicted octanol–water partition coefficient (Wildman–Crippen LogP) is 6.76. The van der Waals surface area contributed by atoms with Gasteiger partial charge in [-0.2, -0.15) is 0 Å². The molecule has 0 unspecified atom stereocenters. The van der Waals surface area contributed by atoms with E-state index >= 15 is 0 Å². The van der Waals surface area contributed by atoms with Crippen LogP contribution in [0.1, 0.15) is 30.8 Å². The first-order chi connectivity index (χ1) is 16.8. The van der Waals surface area contributed by atoms with Gasteiger partial charge in [-0.25, -0.2) is 8.78 Å². The Balaban J connectivity index is 1.60. The Morgan fingerprint density at radius 1 is 0.914 bits per heavy atom. The molecular formula is C26H20ClF2N5S. The molecule has 176 valence electrons. The van der Waals surface area contributed by atoms with E-state index in [2.05, 4.69) is 20.2 Å². The molecule has 0 amide bonds. The van der Waals surface area contributed by atoms with Gasteiger partial charge >= 0.3 is 0 Å². The lowest BCUT2D eigenvalue weighted by Gasteiger charge is -2.26. The highest BCUT2D eigenvalue weighted by atomic mass is 35.5. The Kier molecular flexibility index (Phi) is 6.25. The second kappa shape index (κ2) is 9.36. The van der Waals surface area contributed by atoms with Crippen LogP contribution in [0, 0.1) is 11.6 Å². The number of rotatable bonds is 6. The van der Waals surface area contributed by atoms with E-state index in [1.165, 1.54) is 30.0 Å². The summed E-state index contributed by atoms with van der Waals surface area (Å²) >= 11 is 7.54. The molecular weight excluding hydrogens is 488 g/mol. The zero-order valence-electron chi connectivity index (χ0n) is 18.9. The molecule has 0 aliphatic heterocycles. The molecule has 2 aromatic heterocycles. The molecule has 3 aromatic carbocycles. The predicted molar refractivity (Wildman–Crippen MR) is 134 cm³/mol. The van der Waals surface area contributed by atoms with Gasteiger partial charge < -0.3 is 0 Å². The summed E-state index contributed by atoms with van der Waals surface area (Å²) in [5.74, 6) is 0.185. The zero-order chi connectivity index (χ0) is 24.6. The van der Waals surface area contributed by atoms with Gasteiger partial charge in [0.2, 0.25) is 0 Å². The molecule has 9 heteroatoms. The number of thioether (sulfide) groups is 1. The van der Waals surface area contributed by atoms with Gasteiger partial charge in [0.15, 0.2) is 5.16 Å². The van der Waals surface area contributed by atoms with Crippen LogP contribution in [0.2, 0.25) is 5.02 Å². The molecule has 0 atom stereocenters. The van der Waals surface area contributed by atoms with Gasteiger partial charge in [-0.15, -0.1) is 10.2 Å². The van der Waals surface area contributed by atoms with E-state index in [1.54, 1.807) is 36.7 Å². The van der Waals surface area contributed by atoms with E-state index in [4.69, 9.17) is 11.6 Å². The number of nitrogens with zero attached hydrogens (tertiary/aromatic N) is 5. The fraction of sp³-hybridized carbons (Fsp3) is 0.154. The van der Waals surface area contributed by atoms with Crippen molar-refractivity contribution in [2.45, 2.75) is 30.2 Å². The Morgan fingerprint density at radius 3 is 2.40 bits per heavy atom. The van der Waals surface area contributed by atoms with Crippen LogP contribution in [0.15, 0.2) is 78.2 Å². The number of hydrogen-bond acceptors (Lipinski definition) is 5. The molecule has 0 aliphatic carbocycles. The first-order valence-corrected chi connectivity index (χ1v) is 12.2. The molecule has 0 bridgehead atoms. The van der Waals surface area contributed by atoms with Crippen LogP contribution in [0.4, 0.5) is 8.78 Å². The van der Waals surface area contributed by atoms with Crippen molar-refractivity contribution >= 4 is 34.4 Å². The maximum absolute atomic E-state index is 14.4. The minimum absolute atomic E-state index is 0.261. The normalized spacial score (nSPS) is 11.8. The number of benzene rings is 3. The average Bonchev–Trinajstić information content (AvgIpc) is 3.29. The van der Waals surface area contributed by atoms with Crippen LogP contribution >= 0.6 is 23.4 Å². The Labute approximate surface area is 210 Å². The van der Waals surface area contributed by atoms with Crippen molar-refractivity contribution in [2.24, 2.45) is 0 Å².